The molecule has 5 aliphatic rings. The van der Waals surface area contributed by atoms with Crippen molar-refractivity contribution in [3.05, 3.63) is 76.8 Å². The van der Waals surface area contributed by atoms with Crippen LogP contribution in [0.15, 0.2) is 60.7 Å². The third kappa shape index (κ3) is 2.80. The summed E-state index contributed by atoms with van der Waals surface area (Å²) in [5.74, 6) is 0.273. The normalized spacial score (nSPS) is 31.5. The first kappa shape index (κ1) is 19.7. The lowest BCUT2D eigenvalue weighted by Gasteiger charge is -2.37. The van der Waals surface area contributed by atoms with Gasteiger partial charge in [-0.25, -0.2) is 0 Å². The summed E-state index contributed by atoms with van der Waals surface area (Å²) in [6, 6.07) is 14.3. The van der Waals surface area contributed by atoms with E-state index in [1.54, 1.807) is 36.4 Å². The van der Waals surface area contributed by atoms with Crippen LogP contribution < -0.4 is 4.90 Å². The van der Waals surface area contributed by atoms with E-state index in [-0.39, 0.29) is 48.1 Å². The minimum absolute atomic E-state index is 0.105. The zero-order chi connectivity index (χ0) is 22.1. The van der Waals surface area contributed by atoms with Gasteiger partial charge in [-0.1, -0.05) is 48.0 Å². The topological polar surface area (TPSA) is 57.7 Å². The van der Waals surface area contributed by atoms with Gasteiger partial charge in [-0.3, -0.25) is 24.2 Å². The summed E-state index contributed by atoms with van der Waals surface area (Å²) in [6.07, 6.45) is 5.43. The van der Waals surface area contributed by atoms with Gasteiger partial charge >= 0.3 is 0 Å². The molecule has 1 heterocycles. The summed E-state index contributed by atoms with van der Waals surface area (Å²) in [5, 5.41) is 0.531. The van der Waals surface area contributed by atoms with Crippen LogP contribution in [0.1, 0.15) is 22.3 Å². The summed E-state index contributed by atoms with van der Waals surface area (Å²) < 4.78 is 0. The van der Waals surface area contributed by atoms with Gasteiger partial charge in [-0.2, -0.15) is 0 Å². The van der Waals surface area contributed by atoms with Crippen LogP contribution in [0.5, 0.6) is 0 Å². The molecule has 1 aliphatic heterocycles. The van der Waals surface area contributed by atoms with Crippen LogP contribution in [-0.2, 0) is 9.59 Å². The summed E-state index contributed by atoms with van der Waals surface area (Å²) in [6.45, 7) is 1.79. The van der Waals surface area contributed by atoms with E-state index in [0.717, 1.165) is 12.0 Å². The smallest absolute Gasteiger partial charge is 0.259 e. The second-order valence-corrected chi connectivity index (χ2v) is 9.84. The number of allylic oxidation sites excluding steroid dienone is 2. The minimum Gasteiger partial charge on any atom is -0.289 e. The Balaban J connectivity index is 1.35. The quantitative estimate of drug-likeness (QED) is 0.519. The number of aryl methyl sites for hydroxylation is 1. The molecule has 6 heteroatoms. The second kappa shape index (κ2) is 7.04. The first-order chi connectivity index (χ1) is 15.5. The van der Waals surface area contributed by atoms with E-state index < -0.39 is 0 Å². The molecular formula is C26H23ClN2O3. The molecule has 1 saturated heterocycles. The average Bonchev–Trinajstić information content (AvgIpc) is 3.59. The highest BCUT2D eigenvalue weighted by Crippen LogP contribution is 2.65. The largest absolute Gasteiger partial charge is 0.289 e. The highest BCUT2D eigenvalue weighted by molar-refractivity contribution is 6.31. The maximum Gasteiger partial charge on any atom is 0.259 e. The molecule has 0 spiro atoms. The lowest BCUT2D eigenvalue weighted by molar-refractivity contribution is -0.140. The zero-order valence-corrected chi connectivity index (χ0v) is 18.4. The number of nitrogens with zero attached hydrogens (tertiary/aromatic N) is 2. The Bertz CT molecular complexity index is 1140. The van der Waals surface area contributed by atoms with Crippen molar-refractivity contribution in [3.63, 3.8) is 0 Å². The van der Waals surface area contributed by atoms with Gasteiger partial charge in [0.15, 0.2) is 0 Å². The van der Waals surface area contributed by atoms with Gasteiger partial charge in [0.25, 0.3) is 5.91 Å². The molecule has 4 aliphatic carbocycles. The van der Waals surface area contributed by atoms with Crippen molar-refractivity contribution in [2.45, 2.75) is 13.3 Å². The first-order valence-electron chi connectivity index (χ1n) is 11.1. The van der Waals surface area contributed by atoms with Crippen LogP contribution in [0.3, 0.4) is 0 Å². The van der Waals surface area contributed by atoms with E-state index in [9.17, 15) is 14.4 Å². The third-order valence-corrected chi connectivity index (χ3v) is 8.18. The molecule has 0 unspecified atom stereocenters. The Morgan fingerprint density at radius 3 is 2.22 bits per heavy atom. The lowest BCUT2D eigenvalue weighted by Crippen LogP contribution is -2.45. The van der Waals surface area contributed by atoms with Gasteiger partial charge in [0.05, 0.1) is 11.8 Å². The molecule has 32 heavy (non-hydrogen) atoms. The van der Waals surface area contributed by atoms with Crippen LogP contribution in [-0.4, -0.2) is 29.3 Å². The van der Waals surface area contributed by atoms with Crippen molar-refractivity contribution in [1.82, 2.24) is 4.90 Å². The fourth-order valence-electron chi connectivity index (χ4n) is 6.05. The molecule has 5 nitrogen and oxygen atoms in total. The highest BCUT2D eigenvalue weighted by atomic mass is 35.5. The molecule has 7 rings (SSSR count). The molecule has 2 bridgehead atoms. The standard InChI is InChI=1S/C26H23ClN2O3/c1-14-7-8-16(11-21(14)27)28(24(30)15-5-3-2-4-6-15)13-29-25(31)22-17-9-10-18(20-12-19(17)20)23(22)26(29)32/h2-11,17-20,22-23H,12-13H2,1H3/t17-,18-,19-,20-,22-,23+/m1/s1. The summed E-state index contributed by atoms with van der Waals surface area (Å²) in [4.78, 5) is 43.2. The van der Waals surface area contributed by atoms with Gasteiger partial charge in [0.1, 0.15) is 6.67 Å². The van der Waals surface area contributed by atoms with Crippen LogP contribution >= 0.6 is 11.6 Å². The van der Waals surface area contributed by atoms with Gasteiger partial charge < -0.3 is 0 Å². The van der Waals surface area contributed by atoms with Crippen molar-refractivity contribution in [2.24, 2.45) is 35.5 Å². The van der Waals surface area contributed by atoms with E-state index in [1.807, 2.05) is 19.1 Å². The Kier molecular flexibility index (Phi) is 4.34. The van der Waals surface area contributed by atoms with Crippen molar-refractivity contribution in [1.29, 1.82) is 0 Å². The highest BCUT2D eigenvalue weighted by Gasteiger charge is 2.67. The van der Waals surface area contributed by atoms with Gasteiger partial charge in [-0.05, 0) is 66.8 Å². The molecule has 6 atom stereocenters. The molecule has 0 radical (unpaired) electrons. The fourth-order valence-corrected chi connectivity index (χ4v) is 6.22. The van der Waals surface area contributed by atoms with Crippen molar-refractivity contribution in [3.8, 4) is 0 Å². The molecule has 0 aromatic heterocycles. The van der Waals surface area contributed by atoms with E-state index >= 15 is 0 Å². The number of hydrogen-bond acceptors (Lipinski definition) is 3. The molecule has 2 aromatic rings. The maximum absolute atomic E-state index is 13.5. The molecule has 0 N–H and O–H groups in total. The third-order valence-electron chi connectivity index (χ3n) is 7.77. The van der Waals surface area contributed by atoms with E-state index in [2.05, 4.69) is 12.2 Å². The molecule has 2 aromatic carbocycles. The molecule has 3 amide bonds. The number of amides is 3. The Labute approximate surface area is 191 Å². The molecule has 162 valence electrons. The van der Waals surface area contributed by atoms with Crippen LogP contribution in [0.25, 0.3) is 0 Å². The summed E-state index contributed by atoms with van der Waals surface area (Å²) >= 11 is 6.36. The molecule has 2 saturated carbocycles. The van der Waals surface area contributed by atoms with Gasteiger partial charge in [-0.15, -0.1) is 0 Å². The SMILES string of the molecule is Cc1ccc(N(CN2C(=O)[C@@H]3[C@@H]4C=C[C@H]([C@H]5C[C@H]45)[C@@H]3C2=O)C(=O)c2ccccc2)cc1Cl. The summed E-state index contributed by atoms with van der Waals surface area (Å²) in [7, 11) is 0. The first-order valence-corrected chi connectivity index (χ1v) is 11.5. The second-order valence-electron chi connectivity index (χ2n) is 9.43. The molecule has 3 fully saturated rings. The maximum atomic E-state index is 13.5. The number of halogens is 1. The van der Waals surface area contributed by atoms with E-state index in [1.165, 1.54) is 9.80 Å². The Morgan fingerprint density at radius 1 is 1.00 bits per heavy atom. The number of rotatable bonds is 4. The number of anilines is 1. The zero-order valence-electron chi connectivity index (χ0n) is 17.6. The van der Waals surface area contributed by atoms with E-state index in [4.69, 9.17) is 11.6 Å². The van der Waals surface area contributed by atoms with Crippen molar-refractivity contribution >= 4 is 35.0 Å². The number of imide groups is 1. The average molecular weight is 447 g/mol. The Hall–Kier alpha value is -2.92. The number of carbonyl (C=O) groups excluding carboxylic acids is 3. The van der Waals surface area contributed by atoms with Crippen LogP contribution in [0.2, 0.25) is 5.02 Å². The van der Waals surface area contributed by atoms with Gasteiger partial charge in [0.2, 0.25) is 11.8 Å². The lowest BCUT2D eigenvalue weighted by atomic mass is 9.63. The fraction of sp³-hybridized carbons (Fsp3) is 0.346. The van der Waals surface area contributed by atoms with E-state index in [0.29, 0.717) is 28.1 Å². The van der Waals surface area contributed by atoms with Crippen LogP contribution in [0, 0.1) is 42.4 Å². The summed E-state index contributed by atoms with van der Waals surface area (Å²) in [5.41, 5.74) is 1.95. The minimum atomic E-state index is -0.281. The number of benzene rings is 2. The number of likely N-dealkylation sites (tertiary alicyclic amines) is 1. The number of hydrogen-bond donors (Lipinski definition) is 0. The number of carbonyl (C=O) groups is 3. The predicted molar refractivity (Wildman–Crippen MR) is 121 cm³/mol. The predicted octanol–water partition coefficient (Wildman–Crippen LogP) is 4.31. The van der Waals surface area contributed by atoms with Crippen molar-refractivity contribution in [2.75, 3.05) is 11.6 Å². The van der Waals surface area contributed by atoms with Crippen LogP contribution in [0.4, 0.5) is 5.69 Å². The monoisotopic (exact) mass is 446 g/mol. The molecular weight excluding hydrogens is 424 g/mol. The van der Waals surface area contributed by atoms with Gasteiger partial charge in [0, 0.05) is 16.3 Å². The van der Waals surface area contributed by atoms with Crippen molar-refractivity contribution < 1.29 is 14.4 Å². The Morgan fingerprint density at radius 2 is 1.62 bits per heavy atom.